The van der Waals surface area contributed by atoms with Crippen LogP contribution in [-0.2, 0) is 9.59 Å². The van der Waals surface area contributed by atoms with Gasteiger partial charge in [-0.3, -0.25) is 9.59 Å². The van der Waals surface area contributed by atoms with Crippen LogP contribution in [0, 0.1) is 0 Å². The minimum absolute atomic E-state index is 0.206. The van der Waals surface area contributed by atoms with Crippen molar-refractivity contribution >= 4 is 46.1 Å². The second-order valence-electron chi connectivity index (χ2n) is 7.47. The van der Waals surface area contributed by atoms with Gasteiger partial charge in [-0.15, -0.1) is 0 Å². The van der Waals surface area contributed by atoms with Crippen LogP contribution < -0.4 is 19.9 Å². The van der Waals surface area contributed by atoms with Crippen molar-refractivity contribution in [2.24, 2.45) is 0 Å². The Hall–Kier alpha value is -3.77. The number of methoxy groups -OCH3 is 1. The number of hydrogen-bond donors (Lipinski definition) is 1. The summed E-state index contributed by atoms with van der Waals surface area (Å²) in [7, 11) is 5.48. The number of imide groups is 1. The number of hydrogen-bond acceptors (Lipinski definition) is 5. The number of ether oxygens (including phenoxy) is 1. The quantitative estimate of drug-likeness (QED) is 0.549. The molecule has 2 amide bonds. The maximum absolute atomic E-state index is 13.5. The van der Waals surface area contributed by atoms with Crippen molar-refractivity contribution in [3.05, 3.63) is 89.1 Å². The van der Waals surface area contributed by atoms with Gasteiger partial charge in [0.25, 0.3) is 11.8 Å². The number of nitrogens with one attached hydrogen (secondary N) is 1. The molecule has 0 aromatic heterocycles. The van der Waals surface area contributed by atoms with E-state index in [4.69, 9.17) is 16.3 Å². The molecule has 1 heterocycles. The van der Waals surface area contributed by atoms with E-state index in [1.807, 2.05) is 43.3 Å². The molecular weight excluding hydrogens is 426 g/mol. The van der Waals surface area contributed by atoms with Crippen molar-refractivity contribution in [2.75, 3.05) is 36.3 Å². The van der Waals surface area contributed by atoms with E-state index in [2.05, 4.69) is 5.32 Å². The minimum atomic E-state index is -0.445. The molecule has 0 bridgehead atoms. The molecule has 0 aliphatic carbocycles. The van der Waals surface area contributed by atoms with Gasteiger partial charge in [0.05, 0.1) is 18.4 Å². The van der Waals surface area contributed by atoms with E-state index in [0.717, 1.165) is 10.6 Å². The normalized spacial score (nSPS) is 13.6. The fourth-order valence-electron chi connectivity index (χ4n) is 3.51. The van der Waals surface area contributed by atoms with Gasteiger partial charge in [-0.05, 0) is 60.2 Å². The van der Waals surface area contributed by atoms with Crippen molar-refractivity contribution in [1.82, 2.24) is 0 Å². The molecule has 6 nitrogen and oxygen atoms in total. The summed E-state index contributed by atoms with van der Waals surface area (Å²) in [5.74, 6) is -0.207. The largest absolute Gasteiger partial charge is 0.497 e. The Balaban J connectivity index is 1.78. The number of nitrogens with zero attached hydrogens (tertiary/aromatic N) is 2. The fraction of sp³-hybridized carbons (Fsp3) is 0.120. The smallest absolute Gasteiger partial charge is 0.282 e. The van der Waals surface area contributed by atoms with Crippen molar-refractivity contribution in [1.29, 1.82) is 0 Å². The van der Waals surface area contributed by atoms with Gasteiger partial charge in [-0.25, -0.2) is 4.90 Å². The number of halogens is 1. The monoisotopic (exact) mass is 447 g/mol. The van der Waals surface area contributed by atoms with Crippen molar-refractivity contribution in [2.45, 2.75) is 0 Å². The molecule has 1 aliphatic rings. The highest BCUT2D eigenvalue weighted by molar-refractivity contribution is 6.46. The van der Waals surface area contributed by atoms with Crippen molar-refractivity contribution < 1.29 is 14.3 Å². The molecule has 162 valence electrons. The highest BCUT2D eigenvalue weighted by Crippen LogP contribution is 2.35. The molecule has 3 aromatic rings. The topological polar surface area (TPSA) is 61.9 Å². The van der Waals surface area contributed by atoms with Crippen LogP contribution in [0.4, 0.5) is 17.1 Å². The Morgan fingerprint density at radius 1 is 0.906 bits per heavy atom. The van der Waals surface area contributed by atoms with E-state index in [1.165, 1.54) is 0 Å². The first-order valence-corrected chi connectivity index (χ1v) is 10.3. The lowest BCUT2D eigenvalue weighted by Gasteiger charge is -2.16. The molecule has 0 saturated heterocycles. The van der Waals surface area contributed by atoms with Gasteiger partial charge in [-0.2, -0.15) is 0 Å². The third kappa shape index (κ3) is 4.05. The van der Waals surface area contributed by atoms with E-state index in [0.29, 0.717) is 27.7 Å². The number of benzene rings is 3. The summed E-state index contributed by atoms with van der Waals surface area (Å²) < 4.78 is 5.22. The Bertz CT molecular complexity index is 1200. The van der Waals surface area contributed by atoms with Gasteiger partial charge in [0, 0.05) is 30.5 Å². The van der Waals surface area contributed by atoms with E-state index >= 15 is 0 Å². The van der Waals surface area contributed by atoms with Gasteiger partial charge in [0.1, 0.15) is 11.4 Å². The first kappa shape index (κ1) is 21.5. The lowest BCUT2D eigenvalue weighted by atomic mass is 10.0. The van der Waals surface area contributed by atoms with Crippen LogP contribution in [-0.4, -0.2) is 33.0 Å². The summed E-state index contributed by atoms with van der Waals surface area (Å²) in [6.45, 7) is 0. The van der Waals surface area contributed by atoms with Gasteiger partial charge in [0.2, 0.25) is 0 Å². The molecule has 0 fully saturated rings. The van der Waals surface area contributed by atoms with Crippen molar-refractivity contribution in [3.8, 4) is 5.75 Å². The first-order valence-electron chi connectivity index (χ1n) is 9.96. The molecule has 0 atom stereocenters. The standard InChI is InChI=1S/C25H22ClN3O3/c1-28(2)19-11-9-18(10-12-19)27-23-22(16-7-13-21(32-3)14-8-16)24(30)29(25(23)31)20-6-4-5-17(26)15-20/h4-15,27H,1-3H3. The Morgan fingerprint density at radius 2 is 1.59 bits per heavy atom. The van der Waals surface area contributed by atoms with Crippen LogP contribution in [0.15, 0.2) is 78.5 Å². The zero-order valence-electron chi connectivity index (χ0n) is 17.9. The molecule has 0 spiro atoms. The molecular formula is C25H22ClN3O3. The van der Waals surface area contributed by atoms with Gasteiger partial charge >= 0.3 is 0 Å². The fourth-order valence-corrected chi connectivity index (χ4v) is 3.69. The molecule has 0 unspecified atom stereocenters. The highest BCUT2D eigenvalue weighted by Gasteiger charge is 2.40. The molecule has 7 heteroatoms. The molecule has 0 radical (unpaired) electrons. The molecule has 1 aliphatic heterocycles. The predicted octanol–water partition coefficient (Wildman–Crippen LogP) is 4.81. The third-order valence-electron chi connectivity index (χ3n) is 5.18. The number of amides is 2. The molecule has 3 aromatic carbocycles. The molecule has 4 rings (SSSR count). The Labute approximate surface area is 191 Å². The van der Waals surface area contributed by atoms with E-state index < -0.39 is 11.8 Å². The second-order valence-corrected chi connectivity index (χ2v) is 7.91. The average Bonchev–Trinajstić information content (AvgIpc) is 3.03. The maximum atomic E-state index is 13.5. The Morgan fingerprint density at radius 3 is 2.19 bits per heavy atom. The predicted molar refractivity (Wildman–Crippen MR) is 128 cm³/mol. The van der Waals surface area contributed by atoms with Crippen LogP contribution in [0.5, 0.6) is 5.75 Å². The average molecular weight is 448 g/mol. The van der Waals surface area contributed by atoms with Crippen LogP contribution >= 0.6 is 11.6 Å². The van der Waals surface area contributed by atoms with Crippen LogP contribution in [0.2, 0.25) is 5.02 Å². The number of rotatable bonds is 6. The van der Waals surface area contributed by atoms with E-state index in [1.54, 1.807) is 55.6 Å². The second kappa shape index (κ2) is 8.77. The highest BCUT2D eigenvalue weighted by atomic mass is 35.5. The molecule has 0 saturated carbocycles. The van der Waals surface area contributed by atoms with Gasteiger partial charge in [-0.1, -0.05) is 29.8 Å². The summed E-state index contributed by atoms with van der Waals surface area (Å²) in [6.07, 6.45) is 0. The van der Waals surface area contributed by atoms with Crippen LogP contribution in [0.25, 0.3) is 5.57 Å². The number of carbonyl (C=O) groups is 2. The van der Waals surface area contributed by atoms with E-state index in [9.17, 15) is 9.59 Å². The van der Waals surface area contributed by atoms with Crippen LogP contribution in [0.3, 0.4) is 0 Å². The molecule has 32 heavy (non-hydrogen) atoms. The number of carbonyl (C=O) groups excluding carboxylic acids is 2. The summed E-state index contributed by atoms with van der Waals surface area (Å²) in [5.41, 5.74) is 3.24. The van der Waals surface area contributed by atoms with Crippen molar-refractivity contribution in [3.63, 3.8) is 0 Å². The SMILES string of the molecule is COc1ccc(C2=C(Nc3ccc(N(C)C)cc3)C(=O)N(c3cccc(Cl)c3)C2=O)cc1. The zero-order valence-corrected chi connectivity index (χ0v) is 18.7. The summed E-state index contributed by atoms with van der Waals surface area (Å²) in [6, 6.07) is 21.3. The van der Waals surface area contributed by atoms with Gasteiger partial charge in [0.15, 0.2) is 0 Å². The minimum Gasteiger partial charge on any atom is -0.497 e. The first-order chi connectivity index (χ1) is 15.4. The zero-order chi connectivity index (χ0) is 22.8. The lowest BCUT2D eigenvalue weighted by molar-refractivity contribution is -0.120. The van der Waals surface area contributed by atoms with Gasteiger partial charge < -0.3 is 15.0 Å². The summed E-state index contributed by atoms with van der Waals surface area (Å²) in [5, 5.41) is 3.60. The Kier molecular flexibility index (Phi) is 5.88. The number of anilines is 3. The van der Waals surface area contributed by atoms with E-state index in [-0.39, 0.29) is 11.3 Å². The maximum Gasteiger partial charge on any atom is 0.282 e. The summed E-state index contributed by atoms with van der Waals surface area (Å²) in [4.78, 5) is 30.0. The molecule has 1 N–H and O–H groups in total. The summed E-state index contributed by atoms with van der Waals surface area (Å²) >= 11 is 6.12. The lowest BCUT2D eigenvalue weighted by Crippen LogP contribution is -2.32. The third-order valence-corrected chi connectivity index (χ3v) is 5.42. The van der Waals surface area contributed by atoms with Crippen LogP contribution in [0.1, 0.15) is 5.56 Å².